The molecule has 182 valence electrons. The molecule has 0 saturated heterocycles. The van der Waals surface area contributed by atoms with E-state index in [0.717, 1.165) is 23.3 Å². The molecule has 0 aliphatic rings. The molecule has 0 atom stereocenters. The van der Waals surface area contributed by atoms with Gasteiger partial charge in [0.05, 0.1) is 11.8 Å². The predicted octanol–water partition coefficient (Wildman–Crippen LogP) is 5.55. The minimum absolute atomic E-state index is 0.111. The lowest BCUT2D eigenvalue weighted by Gasteiger charge is -2.08. The molecule has 7 nitrogen and oxygen atoms in total. The van der Waals surface area contributed by atoms with E-state index in [2.05, 4.69) is 9.97 Å². The van der Waals surface area contributed by atoms with Crippen LogP contribution in [0.5, 0.6) is 11.6 Å². The van der Waals surface area contributed by atoms with Gasteiger partial charge in [0.2, 0.25) is 11.8 Å². The number of aryl methyl sites for hydroxylation is 1. The Labute approximate surface area is 198 Å². The molecule has 35 heavy (non-hydrogen) atoms. The summed E-state index contributed by atoms with van der Waals surface area (Å²) in [7, 11) is 0. The van der Waals surface area contributed by atoms with Crippen molar-refractivity contribution in [3.05, 3.63) is 93.9 Å². The van der Waals surface area contributed by atoms with Gasteiger partial charge in [-0.3, -0.25) is 9.55 Å². The van der Waals surface area contributed by atoms with Crippen LogP contribution < -0.4 is 10.4 Å². The number of imidazole rings is 1. The number of H-pyrrole nitrogens is 1. The van der Waals surface area contributed by atoms with Crippen molar-refractivity contribution in [3.63, 3.8) is 0 Å². The van der Waals surface area contributed by atoms with Gasteiger partial charge in [-0.25, -0.2) is 9.78 Å². The second-order valence-corrected chi connectivity index (χ2v) is 7.90. The zero-order chi connectivity index (χ0) is 25.2. The summed E-state index contributed by atoms with van der Waals surface area (Å²) in [5, 5.41) is 9.37. The minimum atomic E-state index is -4.41. The number of alkyl halides is 3. The maximum atomic E-state index is 12.8. The van der Waals surface area contributed by atoms with E-state index in [0.29, 0.717) is 22.8 Å². The topological polar surface area (TPSA) is 93.3 Å². The maximum absolute atomic E-state index is 12.8. The van der Waals surface area contributed by atoms with Crippen LogP contribution in [0.25, 0.3) is 17.0 Å². The first-order chi connectivity index (χ1) is 16.6. The van der Waals surface area contributed by atoms with Crippen molar-refractivity contribution < 1.29 is 27.4 Å². The van der Waals surface area contributed by atoms with Crippen molar-refractivity contribution in [2.45, 2.75) is 33.2 Å². The molecule has 2 aromatic heterocycles. The van der Waals surface area contributed by atoms with Gasteiger partial charge in [-0.1, -0.05) is 18.2 Å². The third-order valence-electron chi connectivity index (χ3n) is 5.38. The Morgan fingerprint density at radius 2 is 1.97 bits per heavy atom. The number of hydrogen-bond acceptors (Lipinski definition) is 5. The number of rotatable bonds is 7. The average Bonchev–Trinajstić information content (AvgIpc) is 3.36. The van der Waals surface area contributed by atoms with Gasteiger partial charge in [0, 0.05) is 12.1 Å². The second kappa shape index (κ2) is 9.57. The largest absolute Gasteiger partial charge is 0.493 e. The summed E-state index contributed by atoms with van der Waals surface area (Å²) in [6, 6.07) is 12.0. The van der Waals surface area contributed by atoms with Crippen molar-refractivity contribution in [1.29, 1.82) is 0 Å². The number of aromatic hydroxyl groups is 1. The molecule has 0 bridgehead atoms. The van der Waals surface area contributed by atoms with Crippen LogP contribution in [0.4, 0.5) is 13.2 Å². The fraction of sp³-hybridized carbons (Fsp3) is 0.200. The fourth-order valence-corrected chi connectivity index (χ4v) is 3.38. The zero-order valence-corrected chi connectivity index (χ0v) is 18.9. The number of allylic oxidation sites excluding steroid dienone is 2. The molecule has 2 aromatic carbocycles. The fourth-order valence-electron chi connectivity index (χ4n) is 3.38. The van der Waals surface area contributed by atoms with Crippen LogP contribution in [0.2, 0.25) is 0 Å². The van der Waals surface area contributed by atoms with Crippen LogP contribution in [-0.2, 0) is 19.3 Å². The molecule has 0 saturated carbocycles. The van der Waals surface area contributed by atoms with Crippen molar-refractivity contribution >= 4 is 5.57 Å². The second-order valence-electron chi connectivity index (χ2n) is 7.90. The van der Waals surface area contributed by atoms with Crippen LogP contribution in [-0.4, -0.2) is 19.6 Å². The lowest BCUT2D eigenvalue weighted by Crippen LogP contribution is -2.15. The molecular weight excluding hydrogens is 463 g/mol. The predicted molar refractivity (Wildman–Crippen MR) is 123 cm³/mol. The Bertz CT molecular complexity index is 1410. The number of aromatic amines is 1. The van der Waals surface area contributed by atoms with Crippen LogP contribution in [0.1, 0.15) is 29.5 Å². The number of oxazole rings is 1. The highest BCUT2D eigenvalue weighted by molar-refractivity contribution is 5.64. The summed E-state index contributed by atoms with van der Waals surface area (Å²) < 4.78 is 51.2. The molecule has 2 heterocycles. The van der Waals surface area contributed by atoms with Crippen molar-refractivity contribution in [2.24, 2.45) is 0 Å². The summed E-state index contributed by atoms with van der Waals surface area (Å²) in [5.74, 6) is 1.12. The van der Waals surface area contributed by atoms with E-state index < -0.39 is 17.4 Å². The SMILES string of the molecule is C/C(=C\Cn1cc(O)[nH]c1=O)c1cccc(OCc2nc(-c3ccc(C(F)(F)F)cc3)oc2C)c1. The molecule has 4 rings (SSSR count). The third kappa shape index (κ3) is 5.65. The first kappa shape index (κ1) is 23.9. The molecule has 0 radical (unpaired) electrons. The molecule has 0 aliphatic carbocycles. The summed E-state index contributed by atoms with van der Waals surface area (Å²) >= 11 is 0. The van der Waals surface area contributed by atoms with Gasteiger partial charge in [0.25, 0.3) is 0 Å². The van der Waals surface area contributed by atoms with Crippen molar-refractivity contribution in [2.75, 3.05) is 0 Å². The standard InChI is InChI=1S/C25H22F3N3O4/c1-15(10-11-31-13-22(32)30-24(31)33)18-4-3-5-20(12-18)34-14-21-16(2)35-23(29-21)17-6-8-19(9-7-17)25(26,27)28/h3-10,12-13,32H,11,14H2,1-2H3,(H,30,33)/b15-10+. The van der Waals surface area contributed by atoms with Gasteiger partial charge < -0.3 is 14.3 Å². The van der Waals surface area contributed by atoms with Crippen LogP contribution in [0.3, 0.4) is 0 Å². The lowest BCUT2D eigenvalue weighted by atomic mass is 10.1. The van der Waals surface area contributed by atoms with Crippen LogP contribution in [0.15, 0.2) is 70.0 Å². The molecule has 10 heteroatoms. The summed E-state index contributed by atoms with van der Waals surface area (Å²) in [6.45, 7) is 4.01. The number of benzene rings is 2. The monoisotopic (exact) mass is 485 g/mol. The Morgan fingerprint density at radius 1 is 1.23 bits per heavy atom. The maximum Gasteiger partial charge on any atom is 0.416 e. The minimum Gasteiger partial charge on any atom is -0.493 e. The van der Waals surface area contributed by atoms with E-state index in [9.17, 15) is 23.1 Å². The van der Waals surface area contributed by atoms with E-state index >= 15 is 0 Å². The van der Waals surface area contributed by atoms with E-state index in [1.165, 1.54) is 22.9 Å². The van der Waals surface area contributed by atoms with Crippen LogP contribution in [0, 0.1) is 6.92 Å². The number of nitrogens with one attached hydrogen (secondary N) is 1. The molecule has 0 aliphatic heterocycles. The lowest BCUT2D eigenvalue weighted by molar-refractivity contribution is -0.137. The van der Waals surface area contributed by atoms with Gasteiger partial charge in [0.1, 0.15) is 23.8 Å². The molecule has 0 unspecified atom stereocenters. The number of hydrogen-bond donors (Lipinski definition) is 2. The van der Waals surface area contributed by atoms with Gasteiger partial charge in [-0.15, -0.1) is 0 Å². The van der Waals surface area contributed by atoms with Gasteiger partial charge in [-0.05, 0) is 61.4 Å². The van der Waals surface area contributed by atoms with E-state index in [1.807, 2.05) is 31.2 Å². The van der Waals surface area contributed by atoms with Crippen LogP contribution >= 0.6 is 0 Å². The molecular formula is C25H22F3N3O4. The Hall–Kier alpha value is -4.21. The Morgan fingerprint density at radius 3 is 2.63 bits per heavy atom. The molecule has 4 aromatic rings. The first-order valence-corrected chi connectivity index (χ1v) is 10.6. The van der Waals surface area contributed by atoms with Gasteiger partial charge in [-0.2, -0.15) is 13.2 Å². The number of aromatic nitrogens is 3. The highest BCUT2D eigenvalue weighted by Gasteiger charge is 2.30. The summed E-state index contributed by atoms with van der Waals surface area (Å²) in [5.41, 5.74) is 1.62. The quantitative estimate of drug-likeness (QED) is 0.358. The highest BCUT2D eigenvalue weighted by atomic mass is 19.4. The molecule has 0 fully saturated rings. The van der Waals surface area contributed by atoms with E-state index in [-0.39, 0.29) is 24.9 Å². The summed E-state index contributed by atoms with van der Waals surface area (Å²) in [6.07, 6.45) is -1.23. The molecule has 0 amide bonds. The van der Waals surface area contributed by atoms with Crippen molar-refractivity contribution in [1.82, 2.24) is 14.5 Å². The highest BCUT2D eigenvalue weighted by Crippen LogP contribution is 2.31. The van der Waals surface area contributed by atoms with E-state index in [4.69, 9.17) is 9.15 Å². The van der Waals surface area contributed by atoms with Gasteiger partial charge in [0.15, 0.2) is 0 Å². The Kier molecular flexibility index (Phi) is 6.54. The number of halogens is 3. The van der Waals surface area contributed by atoms with E-state index in [1.54, 1.807) is 13.0 Å². The molecule has 0 spiro atoms. The smallest absolute Gasteiger partial charge is 0.416 e. The third-order valence-corrected chi connectivity index (χ3v) is 5.38. The first-order valence-electron chi connectivity index (χ1n) is 10.6. The molecule has 2 N–H and O–H groups in total. The Balaban J connectivity index is 1.43. The van der Waals surface area contributed by atoms with Crippen molar-refractivity contribution in [3.8, 4) is 23.1 Å². The van der Waals surface area contributed by atoms with Gasteiger partial charge >= 0.3 is 11.9 Å². The average molecular weight is 485 g/mol. The number of nitrogens with zero attached hydrogens (tertiary/aromatic N) is 2. The summed E-state index contributed by atoms with van der Waals surface area (Å²) in [4.78, 5) is 18.3. The normalized spacial score (nSPS) is 12.2. The zero-order valence-electron chi connectivity index (χ0n) is 18.9. The number of ether oxygens (including phenoxy) is 1.